The number of rotatable bonds is 17. The van der Waals surface area contributed by atoms with Crippen LogP contribution in [0.5, 0.6) is 0 Å². The number of hydrogen-bond donors (Lipinski definition) is 3. The van der Waals surface area contributed by atoms with Gasteiger partial charge < -0.3 is 20.1 Å². The van der Waals surface area contributed by atoms with Crippen molar-refractivity contribution < 1.29 is 24.9 Å². The SMILES string of the molecule is CC/C=C\C/C=C\CC(O)/C=C/C=C\C/C=C\C/C=C\CCC(=O)OC[C@@H](O)CO. The second-order valence-corrected chi connectivity index (χ2v) is 6.68. The van der Waals surface area contributed by atoms with E-state index in [1.165, 1.54) is 0 Å². The molecule has 0 aromatic heterocycles. The summed E-state index contributed by atoms with van der Waals surface area (Å²) >= 11 is 0. The third-order valence-corrected chi connectivity index (χ3v) is 3.84. The van der Waals surface area contributed by atoms with Crippen molar-refractivity contribution in [3.8, 4) is 0 Å². The van der Waals surface area contributed by atoms with Crippen molar-refractivity contribution in [2.75, 3.05) is 13.2 Å². The van der Waals surface area contributed by atoms with Crippen LogP contribution in [0.1, 0.15) is 51.9 Å². The van der Waals surface area contributed by atoms with E-state index in [0.717, 1.165) is 25.7 Å². The molecule has 1 unspecified atom stereocenters. The molecule has 0 radical (unpaired) electrons. The van der Waals surface area contributed by atoms with Crippen LogP contribution in [0.4, 0.5) is 0 Å². The second-order valence-electron chi connectivity index (χ2n) is 6.68. The molecule has 0 aliphatic carbocycles. The Hall–Kier alpha value is -2.21. The molecule has 30 heavy (non-hydrogen) atoms. The molecular formula is C25H38O5. The number of hydrogen-bond acceptors (Lipinski definition) is 5. The average Bonchev–Trinajstić information content (AvgIpc) is 2.75. The van der Waals surface area contributed by atoms with Gasteiger partial charge in [0.2, 0.25) is 0 Å². The van der Waals surface area contributed by atoms with Gasteiger partial charge in [-0.3, -0.25) is 4.79 Å². The average molecular weight is 419 g/mol. The summed E-state index contributed by atoms with van der Waals surface area (Å²) in [5.74, 6) is -0.383. The lowest BCUT2D eigenvalue weighted by molar-refractivity contribution is -0.147. The molecule has 0 fully saturated rings. The number of aliphatic hydroxyl groups excluding tert-OH is 3. The van der Waals surface area contributed by atoms with Crippen molar-refractivity contribution in [1.82, 2.24) is 0 Å². The first-order valence-corrected chi connectivity index (χ1v) is 10.7. The van der Waals surface area contributed by atoms with Gasteiger partial charge in [-0.2, -0.15) is 0 Å². The lowest BCUT2D eigenvalue weighted by Gasteiger charge is -2.07. The molecular weight excluding hydrogens is 380 g/mol. The summed E-state index contributed by atoms with van der Waals surface area (Å²) in [4.78, 5) is 11.4. The van der Waals surface area contributed by atoms with Crippen molar-refractivity contribution in [1.29, 1.82) is 0 Å². The quantitative estimate of drug-likeness (QED) is 0.186. The zero-order valence-corrected chi connectivity index (χ0v) is 18.1. The van der Waals surface area contributed by atoms with Gasteiger partial charge in [0.15, 0.2) is 0 Å². The summed E-state index contributed by atoms with van der Waals surface area (Å²) in [5, 5.41) is 27.5. The normalized spacial score (nSPS) is 14.9. The Kier molecular flexibility index (Phi) is 19.9. The minimum absolute atomic E-state index is 0.169. The van der Waals surface area contributed by atoms with E-state index in [9.17, 15) is 9.90 Å². The predicted molar refractivity (Wildman–Crippen MR) is 123 cm³/mol. The van der Waals surface area contributed by atoms with E-state index in [1.54, 1.807) is 6.08 Å². The molecule has 5 nitrogen and oxygen atoms in total. The molecule has 3 N–H and O–H groups in total. The monoisotopic (exact) mass is 418 g/mol. The van der Waals surface area contributed by atoms with Crippen LogP contribution < -0.4 is 0 Å². The second kappa shape index (κ2) is 21.5. The fourth-order valence-corrected chi connectivity index (χ4v) is 2.18. The van der Waals surface area contributed by atoms with Crippen LogP contribution in [0, 0.1) is 0 Å². The Balaban J connectivity index is 3.73. The third-order valence-electron chi connectivity index (χ3n) is 3.84. The van der Waals surface area contributed by atoms with E-state index in [2.05, 4.69) is 31.2 Å². The summed E-state index contributed by atoms with van der Waals surface area (Å²) in [6.07, 6.45) is 27.5. The van der Waals surface area contributed by atoms with Gasteiger partial charge in [-0.05, 0) is 38.5 Å². The molecule has 0 spiro atoms. The predicted octanol–water partition coefficient (Wildman–Crippen LogP) is 4.33. The molecule has 5 heteroatoms. The largest absolute Gasteiger partial charge is 0.463 e. The first-order valence-electron chi connectivity index (χ1n) is 10.7. The summed E-state index contributed by atoms with van der Waals surface area (Å²) in [5.41, 5.74) is 0. The molecule has 0 aliphatic rings. The maximum atomic E-state index is 11.4. The summed E-state index contributed by atoms with van der Waals surface area (Å²) in [6, 6.07) is 0. The van der Waals surface area contributed by atoms with E-state index < -0.39 is 18.8 Å². The lowest BCUT2D eigenvalue weighted by Crippen LogP contribution is -2.21. The van der Waals surface area contributed by atoms with Crippen LogP contribution in [-0.4, -0.2) is 46.7 Å². The van der Waals surface area contributed by atoms with Gasteiger partial charge in [-0.15, -0.1) is 0 Å². The van der Waals surface area contributed by atoms with Gasteiger partial charge in [-0.1, -0.05) is 79.8 Å². The Morgan fingerprint density at radius 1 is 0.867 bits per heavy atom. The number of ether oxygens (including phenoxy) is 1. The van der Waals surface area contributed by atoms with Crippen LogP contribution in [0.25, 0.3) is 0 Å². The molecule has 0 amide bonds. The molecule has 2 atom stereocenters. The van der Waals surface area contributed by atoms with Crippen LogP contribution in [0.2, 0.25) is 0 Å². The van der Waals surface area contributed by atoms with Gasteiger partial charge in [0.05, 0.1) is 12.7 Å². The van der Waals surface area contributed by atoms with E-state index in [-0.39, 0.29) is 19.0 Å². The fourth-order valence-electron chi connectivity index (χ4n) is 2.18. The zero-order valence-electron chi connectivity index (χ0n) is 18.1. The number of esters is 1. The van der Waals surface area contributed by atoms with E-state index in [0.29, 0.717) is 12.8 Å². The Morgan fingerprint density at radius 2 is 1.50 bits per heavy atom. The molecule has 0 heterocycles. The van der Waals surface area contributed by atoms with Gasteiger partial charge in [0, 0.05) is 6.42 Å². The van der Waals surface area contributed by atoms with Crippen LogP contribution >= 0.6 is 0 Å². The third kappa shape index (κ3) is 20.5. The highest BCUT2D eigenvalue weighted by Crippen LogP contribution is 2.00. The molecule has 0 bridgehead atoms. The van der Waals surface area contributed by atoms with Crippen LogP contribution in [0.15, 0.2) is 72.9 Å². The number of carbonyl (C=O) groups excluding carboxylic acids is 1. The van der Waals surface area contributed by atoms with Crippen LogP contribution in [-0.2, 0) is 9.53 Å². The molecule has 0 rings (SSSR count). The topological polar surface area (TPSA) is 87.0 Å². The summed E-state index contributed by atoms with van der Waals surface area (Å²) in [7, 11) is 0. The Bertz CT molecular complexity index is 584. The minimum Gasteiger partial charge on any atom is -0.463 e. The Labute approximate surface area is 181 Å². The molecule has 0 saturated heterocycles. The minimum atomic E-state index is -1.01. The number of allylic oxidation sites excluding steroid dienone is 10. The van der Waals surface area contributed by atoms with Gasteiger partial charge >= 0.3 is 5.97 Å². The van der Waals surface area contributed by atoms with Crippen molar-refractivity contribution >= 4 is 5.97 Å². The zero-order chi connectivity index (χ0) is 22.3. The standard InChI is InChI=1S/C25H38O5/c1-2-3-4-5-12-15-18-23(27)19-16-13-10-8-6-7-9-11-14-17-20-25(29)30-22-24(28)21-26/h3-4,6-7,10-16,19,23-24,26-28H,2,5,8-9,17-18,20-22H2,1H3/b4-3-,7-6-,13-10-,14-11-,15-12-,19-16+/t23?,24-/m0/s1. The molecule has 0 aliphatic heterocycles. The molecule has 168 valence electrons. The van der Waals surface area contributed by atoms with Crippen molar-refractivity contribution in [3.63, 3.8) is 0 Å². The van der Waals surface area contributed by atoms with Crippen LogP contribution in [0.3, 0.4) is 0 Å². The highest BCUT2D eigenvalue weighted by molar-refractivity contribution is 5.69. The smallest absolute Gasteiger partial charge is 0.306 e. The Morgan fingerprint density at radius 3 is 2.20 bits per heavy atom. The van der Waals surface area contributed by atoms with E-state index in [1.807, 2.05) is 42.5 Å². The highest BCUT2D eigenvalue weighted by Gasteiger charge is 2.06. The molecule has 0 aromatic carbocycles. The van der Waals surface area contributed by atoms with E-state index in [4.69, 9.17) is 14.9 Å². The maximum absolute atomic E-state index is 11.4. The lowest BCUT2D eigenvalue weighted by atomic mass is 10.2. The van der Waals surface area contributed by atoms with Crippen molar-refractivity contribution in [2.24, 2.45) is 0 Å². The fraction of sp³-hybridized carbons (Fsp3) is 0.480. The van der Waals surface area contributed by atoms with Gasteiger partial charge in [-0.25, -0.2) is 0 Å². The highest BCUT2D eigenvalue weighted by atomic mass is 16.5. The molecule has 0 saturated carbocycles. The number of aliphatic hydroxyl groups is 3. The van der Waals surface area contributed by atoms with E-state index >= 15 is 0 Å². The first kappa shape index (κ1) is 27.8. The number of carbonyl (C=O) groups is 1. The van der Waals surface area contributed by atoms with Crippen molar-refractivity contribution in [3.05, 3.63) is 72.9 Å². The first-order chi connectivity index (χ1) is 14.6. The van der Waals surface area contributed by atoms with Gasteiger partial charge in [0.1, 0.15) is 12.7 Å². The van der Waals surface area contributed by atoms with Gasteiger partial charge in [0.25, 0.3) is 0 Å². The summed E-state index contributed by atoms with van der Waals surface area (Å²) in [6.45, 7) is 1.52. The molecule has 0 aromatic rings. The maximum Gasteiger partial charge on any atom is 0.306 e. The summed E-state index contributed by atoms with van der Waals surface area (Å²) < 4.78 is 4.81. The van der Waals surface area contributed by atoms with Crippen molar-refractivity contribution in [2.45, 2.75) is 64.1 Å².